The molecule has 2 atom stereocenters. The lowest BCUT2D eigenvalue weighted by atomic mass is 9.56. The molecule has 3 fully saturated rings. The molecule has 1 saturated carbocycles. The summed E-state index contributed by atoms with van der Waals surface area (Å²) in [4.78, 5) is 30.5. The molecule has 1 aromatic heterocycles. The normalized spacial score (nSPS) is 26.4. The molecule has 196 valence electrons. The SMILES string of the molecule is CC1CCC(N(C(=O)c2ccco2)C2CCN(CCC3(C(C)(C)C(N)=O)CCCCC3)CC2)NC1. The van der Waals surface area contributed by atoms with Crippen molar-refractivity contribution < 1.29 is 14.0 Å². The predicted molar refractivity (Wildman–Crippen MR) is 138 cm³/mol. The van der Waals surface area contributed by atoms with Gasteiger partial charge in [-0.25, -0.2) is 0 Å². The molecule has 0 aromatic carbocycles. The lowest BCUT2D eigenvalue weighted by Crippen LogP contribution is -2.58. The minimum atomic E-state index is -0.484. The molecule has 7 heteroatoms. The first-order valence-corrected chi connectivity index (χ1v) is 13.9. The molecule has 35 heavy (non-hydrogen) atoms. The van der Waals surface area contributed by atoms with Gasteiger partial charge in [-0.3, -0.25) is 14.9 Å². The molecule has 0 radical (unpaired) electrons. The minimum absolute atomic E-state index is 0.00205. The third-order valence-corrected chi connectivity index (χ3v) is 9.55. The summed E-state index contributed by atoms with van der Waals surface area (Å²) in [6, 6.07) is 3.78. The second kappa shape index (κ2) is 11.0. The molecule has 3 heterocycles. The van der Waals surface area contributed by atoms with Gasteiger partial charge in [0.25, 0.3) is 5.91 Å². The summed E-state index contributed by atoms with van der Waals surface area (Å²) < 4.78 is 5.50. The Morgan fingerprint density at radius 3 is 2.46 bits per heavy atom. The van der Waals surface area contributed by atoms with E-state index in [9.17, 15) is 9.59 Å². The number of carbonyl (C=O) groups excluding carboxylic acids is 2. The summed E-state index contributed by atoms with van der Waals surface area (Å²) in [7, 11) is 0. The van der Waals surface area contributed by atoms with Crippen LogP contribution in [0.15, 0.2) is 22.8 Å². The van der Waals surface area contributed by atoms with E-state index in [-0.39, 0.29) is 29.4 Å². The summed E-state index contributed by atoms with van der Waals surface area (Å²) in [6.07, 6.45) is 12.5. The molecule has 3 N–H and O–H groups in total. The molecular formula is C28H46N4O3. The van der Waals surface area contributed by atoms with Crippen LogP contribution < -0.4 is 11.1 Å². The van der Waals surface area contributed by atoms with Crippen LogP contribution in [0.1, 0.15) is 95.5 Å². The standard InChI is InChI=1S/C28H46N4O3/c1-21-9-10-24(30-20-21)32(25(33)23-8-7-19-35-23)22-11-16-31(17-12-22)18-15-28(13-5-4-6-14-28)27(2,3)26(29)34/h7-8,19,21-22,24,30H,4-6,9-18,20H2,1-3H3,(H2,29,34). The maximum Gasteiger partial charge on any atom is 0.291 e. The van der Waals surface area contributed by atoms with Crippen LogP contribution in [0, 0.1) is 16.7 Å². The number of rotatable bonds is 8. The number of nitrogens with zero attached hydrogens (tertiary/aromatic N) is 2. The highest BCUT2D eigenvalue weighted by Crippen LogP contribution is 2.52. The van der Waals surface area contributed by atoms with Crippen molar-refractivity contribution in [2.75, 3.05) is 26.2 Å². The summed E-state index contributed by atoms with van der Waals surface area (Å²) in [6.45, 7) is 10.3. The Morgan fingerprint density at radius 2 is 1.89 bits per heavy atom. The van der Waals surface area contributed by atoms with E-state index in [0.717, 1.165) is 71.1 Å². The van der Waals surface area contributed by atoms with Gasteiger partial charge in [0.05, 0.1) is 12.4 Å². The maximum atomic E-state index is 13.5. The van der Waals surface area contributed by atoms with E-state index in [1.54, 1.807) is 18.4 Å². The topological polar surface area (TPSA) is 91.8 Å². The van der Waals surface area contributed by atoms with Gasteiger partial charge < -0.3 is 20.0 Å². The first-order valence-electron chi connectivity index (χ1n) is 13.9. The quantitative estimate of drug-likeness (QED) is 0.569. The molecule has 1 aromatic rings. The Bertz CT molecular complexity index is 830. The number of nitrogens with one attached hydrogen (secondary N) is 1. The number of primary amides is 1. The van der Waals surface area contributed by atoms with Gasteiger partial charge in [-0.05, 0) is 81.5 Å². The van der Waals surface area contributed by atoms with Crippen molar-refractivity contribution in [1.82, 2.24) is 15.1 Å². The Labute approximate surface area is 211 Å². The van der Waals surface area contributed by atoms with Gasteiger partial charge in [0, 0.05) is 24.5 Å². The van der Waals surface area contributed by atoms with Crippen LogP contribution in [-0.2, 0) is 4.79 Å². The van der Waals surface area contributed by atoms with Gasteiger partial charge in [0.15, 0.2) is 5.76 Å². The third-order valence-electron chi connectivity index (χ3n) is 9.55. The largest absolute Gasteiger partial charge is 0.459 e. The molecule has 0 spiro atoms. The van der Waals surface area contributed by atoms with Gasteiger partial charge in [-0.15, -0.1) is 0 Å². The van der Waals surface area contributed by atoms with Crippen molar-refractivity contribution in [3.63, 3.8) is 0 Å². The number of carbonyl (C=O) groups is 2. The van der Waals surface area contributed by atoms with Crippen LogP contribution in [0.4, 0.5) is 0 Å². The molecule has 2 amide bonds. The van der Waals surface area contributed by atoms with Gasteiger partial charge in [0.2, 0.25) is 5.91 Å². The molecule has 3 aliphatic rings. The molecule has 1 aliphatic carbocycles. The number of hydrogen-bond donors (Lipinski definition) is 2. The first-order chi connectivity index (χ1) is 16.7. The Balaban J connectivity index is 1.39. The van der Waals surface area contributed by atoms with Gasteiger partial charge in [-0.2, -0.15) is 0 Å². The molecule has 0 bridgehead atoms. The molecule has 4 rings (SSSR count). The van der Waals surface area contributed by atoms with Crippen molar-refractivity contribution in [1.29, 1.82) is 0 Å². The van der Waals surface area contributed by atoms with E-state index < -0.39 is 5.41 Å². The number of likely N-dealkylation sites (tertiary alicyclic amines) is 1. The van der Waals surface area contributed by atoms with Crippen molar-refractivity contribution in [3.8, 4) is 0 Å². The number of nitrogens with two attached hydrogens (primary N) is 1. The number of amides is 2. The lowest BCUT2D eigenvalue weighted by Gasteiger charge is -2.49. The zero-order valence-electron chi connectivity index (χ0n) is 22.1. The smallest absolute Gasteiger partial charge is 0.291 e. The minimum Gasteiger partial charge on any atom is -0.459 e. The highest BCUT2D eigenvalue weighted by atomic mass is 16.3. The Hall–Kier alpha value is -1.86. The lowest BCUT2D eigenvalue weighted by molar-refractivity contribution is -0.136. The highest BCUT2D eigenvalue weighted by Gasteiger charge is 2.49. The van der Waals surface area contributed by atoms with Crippen LogP contribution >= 0.6 is 0 Å². The average molecular weight is 487 g/mol. The molecular weight excluding hydrogens is 440 g/mol. The molecule has 7 nitrogen and oxygen atoms in total. The van der Waals surface area contributed by atoms with E-state index in [1.807, 2.05) is 0 Å². The zero-order valence-corrected chi connectivity index (χ0v) is 22.1. The monoisotopic (exact) mass is 486 g/mol. The number of furan rings is 1. The van der Waals surface area contributed by atoms with Crippen molar-refractivity contribution in [2.45, 2.75) is 97.2 Å². The predicted octanol–water partition coefficient (Wildman–Crippen LogP) is 4.38. The molecule has 2 unspecified atom stereocenters. The van der Waals surface area contributed by atoms with Gasteiger partial charge in [0.1, 0.15) is 0 Å². The van der Waals surface area contributed by atoms with Crippen molar-refractivity contribution >= 4 is 11.8 Å². The van der Waals surface area contributed by atoms with E-state index in [0.29, 0.717) is 11.7 Å². The Morgan fingerprint density at radius 1 is 1.17 bits per heavy atom. The number of hydrogen-bond acceptors (Lipinski definition) is 5. The fourth-order valence-corrected chi connectivity index (χ4v) is 6.78. The first kappa shape index (κ1) is 26.2. The van der Waals surface area contributed by atoms with Crippen LogP contribution in [-0.4, -0.2) is 60.0 Å². The molecule has 2 saturated heterocycles. The molecule has 2 aliphatic heterocycles. The fourth-order valence-electron chi connectivity index (χ4n) is 6.78. The van der Waals surface area contributed by atoms with Crippen LogP contribution in [0.3, 0.4) is 0 Å². The van der Waals surface area contributed by atoms with Crippen LogP contribution in [0.5, 0.6) is 0 Å². The summed E-state index contributed by atoms with van der Waals surface area (Å²) in [5, 5.41) is 3.63. The number of piperidine rings is 2. The zero-order chi connectivity index (χ0) is 25.1. The fraction of sp³-hybridized carbons (Fsp3) is 0.786. The third kappa shape index (κ3) is 5.61. The van der Waals surface area contributed by atoms with Crippen LogP contribution in [0.2, 0.25) is 0 Å². The van der Waals surface area contributed by atoms with Crippen LogP contribution in [0.25, 0.3) is 0 Å². The van der Waals surface area contributed by atoms with E-state index >= 15 is 0 Å². The van der Waals surface area contributed by atoms with E-state index in [4.69, 9.17) is 10.2 Å². The summed E-state index contributed by atoms with van der Waals surface area (Å²) in [5.41, 5.74) is 5.40. The average Bonchev–Trinajstić information content (AvgIpc) is 3.40. The van der Waals surface area contributed by atoms with E-state index in [2.05, 4.69) is 35.9 Å². The van der Waals surface area contributed by atoms with Crippen molar-refractivity contribution in [3.05, 3.63) is 24.2 Å². The van der Waals surface area contributed by atoms with Gasteiger partial charge >= 0.3 is 0 Å². The summed E-state index contributed by atoms with van der Waals surface area (Å²) >= 11 is 0. The Kier molecular flexibility index (Phi) is 8.26. The van der Waals surface area contributed by atoms with Crippen molar-refractivity contribution in [2.24, 2.45) is 22.5 Å². The summed E-state index contributed by atoms with van der Waals surface area (Å²) in [5.74, 6) is 0.913. The second-order valence-corrected chi connectivity index (χ2v) is 11.9. The van der Waals surface area contributed by atoms with Gasteiger partial charge in [-0.1, -0.05) is 40.0 Å². The highest BCUT2D eigenvalue weighted by molar-refractivity contribution is 5.92. The van der Waals surface area contributed by atoms with E-state index in [1.165, 1.54) is 19.3 Å². The second-order valence-electron chi connectivity index (χ2n) is 11.9. The maximum absolute atomic E-state index is 13.5.